The van der Waals surface area contributed by atoms with Crippen LogP contribution in [0.5, 0.6) is 0 Å². The molecule has 0 aliphatic carbocycles. The maximum absolute atomic E-state index is 13.0. The van der Waals surface area contributed by atoms with Crippen molar-refractivity contribution < 1.29 is 13.2 Å². The molecule has 1 aromatic carbocycles. The zero-order valence-electron chi connectivity index (χ0n) is 19.2. The fourth-order valence-corrected chi connectivity index (χ4v) is 4.94. The molecular weight excluding hydrogens is 442 g/mol. The highest BCUT2D eigenvalue weighted by atomic mass is 32.2. The molecule has 0 radical (unpaired) electrons. The number of morpholine rings is 1. The Morgan fingerprint density at radius 1 is 1.24 bits per heavy atom. The summed E-state index contributed by atoms with van der Waals surface area (Å²) in [5.74, 6) is 0.289. The van der Waals surface area contributed by atoms with Crippen molar-refractivity contribution >= 4 is 15.8 Å². The lowest BCUT2D eigenvalue weighted by atomic mass is 10.1. The van der Waals surface area contributed by atoms with E-state index in [-0.39, 0.29) is 23.3 Å². The molecule has 33 heavy (non-hydrogen) atoms. The smallest absolute Gasteiger partial charge is 0.240 e. The van der Waals surface area contributed by atoms with Crippen LogP contribution in [0.25, 0.3) is 22.5 Å². The molecule has 1 fully saturated rings. The molecule has 176 valence electrons. The number of rotatable bonds is 6. The Kier molecular flexibility index (Phi) is 6.48. The number of nitrogens with two attached hydrogens (primary N) is 1. The number of likely N-dealkylation sites (N-methyl/N-ethyl adjacent to an activating group) is 1. The summed E-state index contributed by atoms with van der Waals surface area (Å²) in [5, 5.41) is 4.35. The Hall–Kier alpha value is -2.86. The van der Waals surface area contributed by atoms with E-state index >= 15 is 0 Å². The molecule has 0 saturated carbocycles. The maximum atomic E-state index is 13.0. The summed E-state index contributed by atoms with van der Waals surface area (Å²) in [5.41, 5.74) is 10.3. The quantitative estimate of drug-likeness (QED) is 0.551. The molecule has 2 aromatic heterocycles. The van der Waals surface area contributed by atoms with E-state index < -0.39 is 10.0 Å². The average molecular weight is 472 g/mol. The second-order valence-corrected chi connectivity index (χ2v) is 10.1. The van der Waals surface area contributed by atoms with Crippen LogP contribution in [0.2, 0.25) is 0 Å². The van der Waals surface area contributed by atoms with Gasteiger partial charge < -0.3 is 10.5 Å². The number of nitrogen functional groups attached to an aromatic ring is 1. The zero-order valence-corrected chi connectivity index (χ0v) is 20.1. The van der Waals surface area contributed by atoms with Gasteiger partial charge in [-0.3, -0.25) is 9.58 Å². The topological polar surface area (TPSA) is 128 Å². The van der Waals surface area contributed by atoms with E-state index in [0.717, 1.165) is 23.4 Å². The molecule has 1 atom stereocenters. The van der Waals surface area contributed by atoms with E-state index in [9.17, 15) is 8.42 Å². The van der Waals surface area contributed by atoms with Gasteiger partial charge in [-0.05, 0) is 38.6 Å². The van der Waals surface area contributed by atoms with Crippen molar-refractivity contribution in [2.45, 2.75) is 24.8 Å². The van der Waals surface area contributed by atoms with Gasteiger partial charge in [0.2, 0.25) is 10.0 Å². The highest BCUT2D eigenvalue weighted by Gasteiger charge is 2.23. The Labute approximate surface area is 193 Å². The van der Waals surface area contributed by atoms with Gasteiger partial charge in [0, 0.05) is 43.5 Å². The van der Waals surface area contributed by atoms with Crippen molar-refractivity contribution in [3.63, 3.8) is 0 Å². The molecule has 10 nitrogen and oxygen atoms in total. The van der Waals surface area contributed by atoms with E-state index in [2.05, 4.69) is 19.7 Å². The van der Waals surface area contributed by atoms with Crippen molar-refractivity contribution in [1.82, 2.24) is 29.4 Å². The lowest BCUT2D eigenvalue weighted by Gasteiger charge is -2.32. The Morgan fingerprint density at radius 2 is 2.03 bits per heavy atom. The van der Waals surface area contributed by atoms with Crippen LogP contribution in [0.15, 0.2) is 35.5 Å². The Morgan fingerprint density at radius 3 is 2.73 bits per heavy atom. The molecule has 3 aromatic rings. The van der Waals surface area contributed by atoms with Crippen LogP contribution in [0.1, 0.15) is 11.3 Å². The van der Waals surface area contributed by atoms with Crippen LogP contribution in [0.3, 0.4) is 0 Å². The fourth-order valence-electron chi connectivity index (χ4n) is 3.84. The van der Waals surface area contributed by atoms with Gasteiger partial charge in [-0.2, -0.15) is 5.10 Å². The second kappa shape index (κ2) is 9.18. The molecule has 1 aliphatic rings. The number of hydrogen-bond donors (Lipinski definition) is 2. The van der Waals surface area contributed by atoms with Gasteiger partial charge in [-0.15, -0.1) is 0 Å². The summed E-state index contributed by atoms with van der Waals surface area (Å²) in [6.45, 7) is 5.98. The van der Waals surface area contributed by atoms with Crippen LogP contribution in [-0.2, 0) is 21.8 Å². The minimum absolute atomic E-state index is 0.00770. The van der Waals surface area contributed by atoms with Gasteiger partial charge in [0.25, 0.3) is 0 Å². The Bertz CT molecular complexity index is 1270. The normalized spacial score (nSPS) is 17.4. The number of nitrogens with zero attached hydrogens (tertiary/aromatic N) is 5. The molecule has 1 aliphatic heterocycles. The third kappa shape index (κ3) is 4.91. The number of anilines is 1. The van der Waals surface area contributed by atoms with Crippen LogP contribution in [-0.4, -0.2) is 72.5 Å². The summed E-state index contributed by atoms with van der Waals surface area (Å²) in [7, 11) is 0.0685. The molecular formula is C22H29N7O3S. The van der Waals surface area contributed by atoms with Gasteiger partial charge in [-0.1, -0.05) is 6.07 Å². The molecule has 3 N–H and O–H groups in total. The van der Waals surface area contributed by atoms with Crippen molar-refractivity contribution in [1.29, 1.82) is 0 Å². The molecule has 4 rings (SSSR count). The molecule has 0 amide bonds. The highest BCUT2D eigenvalue weighted by Crippen LogP contribution is 2.30. The number of ether oxygens (including phenoxy) is 1. The largest absolute Gasteiger partial charge is 0.382 e. The molecule has 3 heterocycles. The van der Waals surface area contributed by atoms with Gasteiger partial charge in [0.1, 0.15) is 11.5 Å². The third-order valence-corrected chi connectivity index (χ3v) is 7.32. The number of hydrogen-bond acceptors (Lipinski definition) is 8. The van der Waals surface area contributed by atoms with E-state index in [0.29, 0.717) is 30.2 Å². The van der Waals surface area contributed by atoms with Crippen molar-refractivity contribution in [2.24, 2.45) is 7.05 Å². The summed E-state index contributed by atoms with van der Waals surface area (Å²) < 4.78 is 35.9. The number of aryl methyl sites for hydroxylation is 3. The number of aromatic nitrogens is 4. The lowest BCUT2D eigenvalue weighted by molar-refractivity contribution is 0.00824. The van der Waals surface area contributed by atoms with Gasteiger partial charge in [0.05, 0.1) is 35.7 Å². The molecule has 11 heteroatoms. The predicted molar refractivity (Wildman–Crippen MR) is 126 cm³/mol. The monoisotopic (exact) mass is 471 g/mol. The first-order valence-electron chi connectivity index (χ1n) is 10.7. The molecule has 0 spiro atoms. The van der Waals surface area contributed by atoms with Crippen molar-refractivity contribution in [3.05, 3.63) is 41.9 Å². The van der Waals surface area contributed by atoms with E-state index in [1.54, 1.807) is 29.1 Å². The summed E-state index contributed by atoms with van der Waals surface area (Å²) >= 11 is 0. The minimum Gasteiger partial charge on any atom is -0.382 e. The van der Waals surface area contributed by atoms with Crippen LogP contribution in [0.4, 0.5) is 5.82 Å². The van der Waals surface area contributed by atoms with Gasteiger partial charge in [-0.25, -0.2) is 23.1 Å². The first-order valence-corrected chi connectivity index (χ1v) is 12.2. The van der Waals surface area contributed by atoms with Crippen LogP contribution >= 0.6 is 0 Å². The molecule has 0 unspecified atom stereocenters. The summed E-state index contributed by atoms with van der Waals surface area (Å²) in [4.78, 5) is 11.3. The second-order valence-electron chi connectivity index (χ2n) is 8.33. The lowest BCUT2D eigenvalue weighted by Crippen LogP contribution is -2.49. The first-order chi connectivity index (χ1) is 15.7. The predicted octanol–water partition coefficient (Wildman–Crippen LogP) is 1.35. The van der Waals surface area contributed by atoms with Crippen LogP contribution < -0.4 is 10.5 Å². The molecule has 0 bridgehead atoms. The van der Waals surface area contributed by atoms with Crippen molar-refractivity contribution in [2.75, 3.05) is 39.1 Å². The Balaban J connectivity index is 1.65. The maximum Gasteiger partial charge on any atom is 0.240 e. The first kappa shape index (κ1) is 23.3. The van der Waals surface area contributed by atoms with Crippen LogP contribution in [0, 0.1) is 13.8 Å². The van der Waals surface area contributed by atoms with Gasteiger partial charge in [0.15, 0.2) is 0 Å². The average Bonchev–Trinajstić information content (AvgIpc) is 3.11. The zero-order chi connectivity index (χ0) is 23.8. The summed E-state index contributed by atoms with van der Waals surface area (Å²) in [6.07, 6.45) is 3.40. The standard InChI is InChI=1S/C22H29N7O3S/c1-14-5-6-17(33(30,31)25-10-16-13-32-8-7-28(16)3)9-18(14)20-11-24-22(23)21(26-20)19-12-29(4)27-15(19)2/h5-6,9,11-12,16,25H,7-8,10,13H2,1-4H3,(H2,23,24)/t16-/m1/s1. The van der Waals surface area contributed by atoms with E-state index in [1.165, 1.54) is 0 Å². The van der Waals surface area contributed by atoms with E-state index in [4.69, 9.17) is 15.5 Å². The molecule has 1 saturated heterocycles. The SMILES string of the molecule is Cc1ccc(S(=O)(=O)NC[C@@H]2COCCN2C)cc1-c1cnc(N)c(-c2cn(C)nc2C)n1. The minimum atomic E-state index is -3.72. The highest BCUT2D eigenvalue weighted by molar-refractivity contribution is 7.89. The number of nitrogens with one attached hydrogen (secondary N) is 1. The summed E-state index contributed by atoms with van der Waals surface area (Å²) in [6, 6.07) is 4.98. The van der Waals surface area contributed by atoms with Crippen molar-refractivity contribution in [3.8, 4) is 22.5 Å². The van der Waals surface area contributed by atoms with E-state index in [1.807, 2.05) is 34.1 Å². The fraction of sp³-hybridized carbons (Fsp3) is 0.409. The van der Waals surface area contributed by atoms with Gasteiger partial charge >= 0.3 is 0 Å². The number of sulfonamides is 1. The number of benzene rings is 1. The third-order valence-electron chi connectivity index (χ3n) is 5.90.